The minimum atomic E-state index is -4.83. The number of halogens is 4. The largest absolute Gasteiger partial charge is 0.417 e. The first-order chi connectivity index (χ1) is 15.6. The van der Waals surface area contributed by atoms with Crippen molar-refractivity contribution in [2.45, 2.75) is 26.2 Å². The van der Waals surface area contributed by atoms with Crippen molar-refractivity contribution in [2.75, 3.05) is 0 Å². The van der Waals surface area contributed by atoms with Crippen LogP contribution in [0.4, 0.5) is 17.6 Å². The molecule has 0 spiro atoms. The first kappa shape index (κ1) is 22.3. The highest BCUT2D eigenvalue weighted by Crippen LogP contribution is 2.36. The van der Waals surface area contributed by atoms with Crippen LogP contribution in [0, 0.1) is 12.7 Å². The van der Waals surface area contributed by atoms with E-state index in [1.165, 1.54) is 25.1 Å². The van der Waals surface area contributed by atoms with Crippen LogP contribution in [-0.4, -0.2) is 20.3 Å². The number of carbonyl (C=O) groups is 1. The summed E-state index contributed by atoms with van der Waals surface area (Å²) < 4.78 is 57.0. The number of fused-ring (bicyclic) bond motifs is 1. The SMILES string of the molecule is Cc1nn(-c2cccc(F)c2)c2c1c(C(F)(F)F)cc(=O)n2CC(=O)NCc1ccccc1. The molecule has 33 heavy (non-hydrogen) atoms. The van der Waals surface area contributed by atoms with Gasteiger partial charge in [-0.25, -0.2) is 9.07 Å². The molecule has 0 fully saturated rings. The Morgan fingerprint density at radius 1 is 1.06 bits per heavy atom. The third-order valence-electron chi connectivity index (χ3n) is 5.09. The van der Waals surface area contributed by atoms with Gasteiger partial charge in [-0.2, -0.15) is 18.3 Å². The van der Waals surface area contributed by atoms with Gasteiger partial charge in [0, 0.05) is 12.6 Å². The molecular formula is C23H18F4N4O2. The normalized spacial score (nSPS) is 11.7. The number of pyridine rings is 1. The van der Waals surface area contributed by atoms with Crippen molar-refractivity contribution in [3.63, 3.8) is 0 Å². The third kappa shape index (κ3) is 4.50. The molecule has 10 heteroatoms. The highest BCUT2D eigenvalue weighted by molar-refractivity contribution is 5.86. The molecule has 2 aromatic heterocycles. The zero-order chi connectivity index (χ0) is 23.8. The van der Waals surface area contributed by atoms with E-state index in [2.05, 4.69) is 10.4 Å². The van der Waals surface area contributed by atoms with Gasteiger partial charge in [-0.3, -0.25) is 14.2 Å². The van der Waals surface area contributed by atoms with Gasteiger partial charge in [-0.1, -0.05) is 36.4 Å². The van der Waals surface area contributed by atoms with E-state index in [1.807, 2.05) is 6.07 Å². The van der Waals surface area contributed by atoms with Crippen LogP contribution in [0.2, 0.25) is 0 Å². The van der Waals surface area contributed by atoms with Gasteiger partial charge in [-0.05, 0) is 30.7 Å². The number of carbonyl (C=O) groups excluding carboxylic acids is 1. The molecule has 4 aromatic rings. The number of hydrogen-bond acceptors (Lipinski definition) is 3. The van der Waals surface area contributed by atoms with Crippen molar-refractivity contribution >= 4 is 16.9 Å². The zero-order valence-electron chi connectivity index (χ0n) is 17.4. The standard InChI is InChI=1S/C23H18F4N4O2/c1-14-21-18(23(25,26)27)11-20(33)30(13-19(32)28-12-15-6-3-2-4-7-15)22(21)31(29-14)17-9-5-8-16(24)10-17/h2-11H,12-13H2,1H3,(H,28,32). The first-order valence-corrected chi connectivity index (χ1v) is 9.92. The van der Waals surface area contributed by atoms with E-state index in [4.69, 9.17) is 0 Å². The average molecular weight is 458 g/mol. The lowest BCUT2D eigenvalue weighted by Gasteiger charge is -2.15. The van der Waals surface area contributed by atoms with Crippen molar-refractivity contribution in [3.05, 3.63) is 93.7 Å². The van der Waals surface area contributed by atoms with Crippen LogP contribution < -0.4 is 10.9 Å². The molecule has 0 unspecified atom stereocenters. The number of nitrogens with zero attached hydrogens (tertiary/aromatic N) is 3. The van der Waals surface area contributed by atoms with Gasteiger partial charge in [-0.15, -0.1) is 0 Å². The molecule has 0 aliphatic carbocycles. The topological polar surface area (TPSA) is 68.9 Å². The summed E-state index contributed by atoms with van der Waals surface area (Å²) in [5, 5.41) is 6.45. The Hall–Kier alpha value is -3.95. The predicted octanol–water partition coefficient (Wildman–Crippen LogP) is 3.97. The third-order valence-corrected chi connectivity index (χ3v) is 5.09. The maximum Gasteiger partial charge on any atom is 0.417 e. The summed E-state index contributed by atoms with van der Waals surface area (Å²) in [4.78, 5) is 25.3. The van der Waals surface area contributed by atoms with Crippen LogP contribution >= 0.6 is 0 Å². The number of aromatic nitrogens is 3. The fourth-order valence-corrected chi connectivity index (χ4v) is 3.62. The molecule has 0 radical (unpaired) electrons. The summed E-state index contributed by atoms with van der Waals surface area (Å²) in [5.41, 5.74) is -1.51. The number of hydrogen-bond donors (Lipinski definition) is 1. The molecule has 2 aromatic carbocycles. The molecule has 4 rings (SSSR count). The lowest BCUT2D eigenvalue weighted by atomic mass is 10.1. The van der Waals surface area contributed by atoms with Crippen LogP contribution in [0.1, 0.15) is 16.8 Å². The van der Waals surface area contributed by atoms with Crippen molar-refractivity contribution in [1.82, 2.24) is 19.7 Å². The van der Waals surface area contributed by atoms with Gasteiger partial charge in [0.25, 0.3) is 5.56 Å². The van der Waals surface area contributed by atoms with E-state index in [0.717, 1.165) is 20.9 Å². The number of benzene rings is 2. The summed E-state index contributed by atoms with van der Waals surface area (Å²) in [6, 6.07) is 14.5. The number of aryl methyl sites for hydroxylation is 1. The van der Waals surface area contributed by atoms with Crippen LogP contribution in [0.25, 0.3) is 16.7 Å². The number of nitrogens with one attached hydrogen (secondary N) is 1. The minimum Gasteiger partial charge on any atom is -0.350 e. The molecule has 0 bridgehead atoms. The molecular weight excluding hydrogens is 440 g/mol. The molecule has 0 aliphatic heterocycles. The molecule has 170 valence electrons. The van der Waals surface area contributed by atoms with Crippen LogP contribution in [0.3, 0.4) is 0 Å². The molecule has 0 aliphatic rings. The van der Waals surface area contributed by atoms with Gasteiger partial charge in [0.2, 0.25) is 5.91 Å². The molecule has 2 heterocycles. The van der Waals surface area contributed by atoms with Crippen molar-refractivity contribution in [1.29, 1.82) is 0 Å². The zero-order valence-corrected chi connectivity index (χ0v) is 17.4. The van der Waals surface area contributed by atoms with Gasteiger partial charge < -0.3 is 5.32 Å². The second-order valence-corrected chi connectivity index (χ2v) is 7.42. The smallest absolute Gasteiger partial charge is 0.350 e. The van der Waals surface area contributed by atoms with Gasteiger partial charge in [0.1, 0.15) is 18.0 Å². The van der Waals surface area contributed by atoms with E-state index in [-0.39, 0.29) is 29.0 Å². The van der Waals surface area contributed by atoms with Crippen LogP contribution in [0.15, 0.2) is 65.5 Å². The average Bonchev–Trinajstić information content (AvgIpc) is 3.11. The predicted molar refractivity (Wildman–Crippen MR) is 113 cm³/mol. The Kier molecular flexibility index (Phi) is 5.75. The van der Waals surface area contributed by atoms with Gasteiger partial charge in [0.15, 0.2) is 0 Å². The van der Waals surface area contributed by atoms with Crippen LogP contribution in [0.5, 0.6) is 0 Å². The summed E-state index contributed by atoms with van der Waals surface area (Å²) in [7, 11) is 0. The maximum atomic E-state index is 13.8. The fourth-order valence-electron chi connectivity index (χ4n) is 3.62. The fraction of sp³-hybridized carbons (Fsp3) is 0.174. The van der Waals surface area contributed by atoms with E-state index in [0.29, 0.717) is 6.07 Å². The van der Waals surface area contributed by atoms with Crippen molar-refractivity contribution in [2.24, 2.45) is 0 Å². The molecule has 6 nitrogen and oxygen atoms in total. The van der Waals surface area contributed by atoms with E-state index in [1.54, 1.807) is 24.3 Å². The molecule has 0 saturated carbocycles. The highest BCUT2D eigenvalue weighted by Gasteiger charge is 2.36. The molecule has 0 atom stereocenters. The second kappa shape index (κ2) is 8.53. The lowest BCUT2D eigenvalue weighted by Crippen LogP contribution is -2.33. The Labute approximate surface area is 185 Å². The van der Waals surface area contributed by atoms with E-state index >= 15 is 0 Å². The Balaban J connectivity index is 1.84. The quantitative estimate of drug-likeness (QED) is 0.460. The minimum absolute atomic E-state index is 0.0139. The number of alkyl halides is 3. The molecule has 1 amide bonds. The lowest BCUT2D eigenvalue weighted by molar-refractivity contribution is -0.136. The van der Waals surface area contributed by atoms with Crippen LogP contribution in [-0.2, 0) is 24.1 Å². The van der Waals surface area contributed by atoms with Crippen molar-refractivity contribution in [3.8, 4) is 5.69 Å². The number of rotatable bonds is 5. The van der Waals surface area contributed by atoms with Gasteiger partial charge in [0.05, 0.1) is 22.3 Å². The molecule has 1 N–H and O–H groups in total. The summed E-state index contributed by atoms with van der Waals surface area (Å²) in [5.74, 6) is -1.21. The Bertz CT molecular complexity index is 1390. The Morgan fingerprint density at radius 2 is 1.79 bits per heavy atom. The maximum absolute atomic E-state index is 13.8. The molecule has 0 saturated heterocycles. The van der Waals surface area contributed by atoms with Gasteiger partial charge >= 0.3 is 6.18 Å². The second-order valence-electron chi connectivity index (χ2n) is 7.42. The summed E-state index contributed by atoms with van der Waals surface area (Å²) in [6.45, 7) is 0.999. The highest BCUT2D eigenvalue weighted by atomic mass is 19.4. The van der Waals surface area contributed by atoms with Crippen molar-refractivity contribution < 1.29 is 22.4 Å². The van der Waals surface area contributed by atoms with E-state index in [9.17, 15) is 27.2 Å². The summed E-state index contributed by atoms with van der Waals surface area (Å²) in [6.07, 6.45) is -4.83. The Morgan fingerprint density at radius 3 is 2.45 bits per heavy atom. The first-order valence-electron chi connectivity index (χ1n) is 9.92. The van der Waals surface area contributed by atoms with E-state index < -0.39 is 35.6 Å². The summed E-state index contributed by atoms with van der Waals surface area (Å²) >= 11 is 0. The monoisotopic (exact) mass is 458 g/mol. The number of amides is 1.